The number of hydrogen-bond acceptors (Lipinski definition) is 1. The maximum Gasteiger partial charge on any atom is 0.177 e. The molecule has 0 saturated carbocycles. The predicted molar refractivity (Wildman–Crippen MR) is 62.3 cm³/mol. The number of ketones is 1. The van der Waals surface area contributed by atoms with E-state index < -0.39 is 0 Å². The molecule has 0 radical (unpaired) electrons. The SMILES string of the molecule is C=CC(=O)C=CCCCCCCCC. The Morgan fingerprint density at radius 3 is 2.43 bits per heavy atom. The Hall–Kier alpha value is -0.850. The number of carbonyl (C=O) groups excluding carboxylic acids is 1. The van der Waals surface area contributed by atoms with E-state index in [-0.39, 0.29) is 5.78 Å². The highest BCUT2D eigenvalue weighted by Gasteiger charge is 1.89. The minimum absolute atomic E-state index is 0.0102. The van der Waals surface area contributed by atoms with Crippen molar-refractivity contribution in [3.8, 4) is 0 Å². The Morgan fingerprint density at radius 1 is 1.14 bits per heavy atom. The summed E-state index contributed by atoms with van der Waals surface area (Å²) in [6, 6.07) is 0. The number of unbranched alkanes of at least 4 members (excludes halogenated alkanes) is 6. The smallest absolute Gasteiger partial charge is 0.177 e. The monoisotopic (exact) mass is 194 g/mol. The van der Waals surface area contributed by atoms with E-state index in [9.17, 15) is 4.79 Å². The Labute approximate surface area is 87.9 Å². The lowest BCUT2D eigenvalue weighted by Crippen LogP contribution is -1.83. The van der Waals surface area contributed by atoms with E-state index in [2.05, 4.69) is 13.5 Å². The fourth-order valence-corrected chi connectivity index (χ4v) is 1.31. The predicted octanol–water partition coefficient (Wildman–Crippen LogP) is 4.05. The highest BCUT2D eigenvalue weighted by Crippen LogP contribution is 2.06. The molecule has 0 fully saturated rings. The van der Waals surface area contributed by atoms with Crippen molar-refractivity contribution >= 4 is 5.78 Å². The van der Waals surface area contributed by atoms with Crippen molar-refractivity contribution in [2.24, 2.45) is 0 Å². The van der Waals surface area contributed by atoms with Gasteiger partial charge in [-0.15, -0.1) is 0 Å². The highest BCUT2D eigenvalue weighted by atomic mass is 16.1. The van der Waals surface area contributed by atoms with Gasteiger partial charge in [-0.2, -0.15) is 0 Å². The molecule has 14 heavy (non-hydrogen) atoms. The molecule has 0 spiro atoms. The molecule has 0 saturated heterocycles. The van der Waals surface area contributed by atoms with E-state index in [0.29, 0.717) is 0 Å². The molecule has 0 aliphatic heterocycles. The van der Waals surface area contributed by atoms with Gasteiger partial charge in [0.2, 0.25) is 0 Å². The van der Waals surface area contributed by atoms with Crippen molar-refractivity contribution < 1.29 is 4.79 Å². The van der Waals surface area contributed by atoms with Gasteiger partial charge >= 0.3 is 0 Å². The van der Waals surface area contributed by atoms with Crippen LogP contribution in [-0.4, -0.2) is 5.78 Å². The summed E-state index contributed by atoms with van der Waals surface area (Å²) in [7, 11) is 0. The average molecular weight is 194 g/mol. The zero-order chi connectivity index (χ0) is 10.6. The Kier molecular flexibility index (Phi) is 9.61. The molecule has 0 aliphatic carbocycles. The van der Waals surface area contributed by atoms with Crippen LogP contribution in [0.5, 0.6) is 0 Å². The number of rotatable bonds is 9. The minimum atomic E-state index is 0.0102. The zero-order valence-corrected chi connectivity index (χ0v) is 9.30. The number of hydrogen-bond donors (Lipinski definition) is 0. The molecule has 0 aromatic carbocycles. The lowest BCUT2D eigenvalue weighted by atomic mass is 10.1. The van der Waals surface area contributed by atoms with Crippen LogP contribution >= 0.6 is 0 Å². The molecule has 0 bridgehead atoms. The highest BCUT2D eigenvalue weighted by molar-refractivity contribution is 5.98. The fraction of sp³-hybridized carbons (Fsp3) is 0.615. The molecule has 0 rings (SSSR count). The Balaban J connectivity index is 3.17. The van der Waals surface area contributed by atoms with Gasteiger partial charge in [-0.3, -0.25) is 4.79 Å². The normalized spacial score (nSPS) is 10.6. The van der Waals surface area contributed by atoms with E-state index in [0.717, 1.165) is 6.42 Å². The molecule has 0 aromatic rings. The van der Waals surface area contributed by atoms with E-state index >= 15 is 0 Å². The van der Waals surface area contributed by atoms with Crippen LogP contribution in [0.25, 0.3) is 0 Å². The van der Waals surface area contributed by atoms with E-state index in [1.54, 1.807) is 6.08 Å². The van der Waals surface area contributed by atoms with Crippen molar-refractivity contribution in [3.63, 3.8) is 0 Å². The number of carbonyl (C=O) groups is 1. The molecule has 80 valence electrons. The van der Waals surface area contributed by atoms with Crippen LogP contribution in [-0.2, 0) is 4.79 Å². The van der Waals surface area contributed by atoms with Gasteiger partial charge in [-0.25, -0.2) is 0 Å². The fourth-order valence-electron chi connectivity index (χ4n) is 1.31. The van der Waals surface area contributed by atoms with Gasteiger partial charge in [-0.05, 0) is 25.0 Å². The van der Waals surface area contributed by atoms with Gasteiger partial charge in [0.05, 0.1) is 0 Å². The first-order valence-corrected chi connectivity index (χ1v) is 5.64. The number of allylic oxidation sites excluding steroid dienone is 3. The van der Waals surface area contributed by atoms with Crippen molar-refractivity contribution in [2.45, 2.75) is 51.9 Å². The Morgan fingerprint density at radius 2 is 1.79 bits per heavy atom. The second kappa shape index (κ2) is 10.2. The summed E-state index contributed by atoms with van der Waals surface area (Å²) in [4.78, 5) is 10.8. The van der Waals surface area contributed by atoms with Crippen LogP contribution in [0, 0.1) is 0 Å². The molecular formula is C13H22O. The van der Waals surface area contributed by atoms with Crippen molar-refractivity contribution in [2.75, 3.05) is 0 Å². The van der Waals surface area contributed by atoms with Crippen LogP contribution in [0.15, 0.2) is 24.8 Å². The largest absolute Gasteiger partial charge is 0.290 e. The molecule has 1 heteroatoms. The maximum absolute atomic E-state index is 10.8. The summed E-state index contributed by atoms with van der Waals surface area (Å²) in [6.45, 7) is 5.63. The third-order valence-electron chi connectivity index (χ3n) is 2.21. The lowest BCUT2D eigenvalue weighted by Gasteiger charge is -1.97. The second-order valence-corrected chi connectivity index (χ2v) is 3.57. The lowest BCUT2D eigenvalue weighted by molar-refractivity contribution is -0.110. The molecule has 0 N–H and O–H groups in total. The minimum Gasteiger partial charge on any atom is -0.290 e. The van der Waals surface area contributed by atoms with Crippen LogP contribution < -0.4 is 0 Å². The molecule has 0 amide bonds. The van der Waals surface area contributed by atoms with Gasteiger partial charge in [0.15, 0.2) is 5.78 Å². The first kappa shape index (κ1) is 13.2. The molecular weight excluding hydrogens is 172 g/mol. The summed E-state index contributed by atoms with van der Waals surface area (Å²) in [5, 5.41) is 0. The van der Waals surface area contributed by atoms with Crippen LogP contribution in [0.4, 0.5) is 0 Å². The van der Waals surface area contributed by atoms with Crippen LogP contribution in [0.2, 0.25) is 0 Å². The van der Waals surface area contributed by atoms with E-state index in [1.807, 2.05) is 6.08 Å². The van der Waals surface area contributed by atoms with Gasteiger partial charge < -0.3 is 0 Å². The molecule has 1 nitrogen and oxygen atoms in total. The van der Waals surface area contributed by atoms with Crippen LogP contribution in [0.1, 0.15) is 51.9 Å². The molecule has 0 atom stereocenters. The first-order valence-electron chi connectivity index (χ1n) is 5.64. The maximum atomic E-state index is 10.8. The molecule has 0 unspecified atom stereocenters. The summed E-state index contributed by atoms with van der Waals surface area (Å²) in [5.74, 6) is 0.0102. The summed E-state index contributed by atoms with van der Waals surface area (Å²) >= 11 is 0. The third kappa shape index (κ3) is 9.24. The third-order valence-corrected chi connectivity index (χ3v) is 2.21. The van der Waals surface area contributed by atoms with Crippen molar-refractivity contribution in [3.05, 3.63) is 24.8 Å². The Bertz CT molecular complexity index is 180. The molecule has 0 aromatic heterocycles. The van der Waals surface area contributed by atoms with Crippen LogP contribution in [0.3, 0.4) is 0 Å². The summed E-state index contributed by atoms with van der Waals surface area (Å²) in [5.41, 5.74) is 0. The quantitative estimate of drug-likeness (QED) is 0.400. The average Bonchev–Trinajstić information content (AvgIpc) is 2.21. The zero-order valence-electron chi connectivity index (χ0n) is 9.30. The summed E-state index contributed by atoms with van der Waals surface area (Å²) < 4.78 is 0. The molecule has 0 aliphatic rings. The van der Waals surface area contributed by atoms with Crippen molar-refractivity contribution in [1.29, 1.82) is 0 Å². The second-order valence-electron chi connectivity index (χ2n) is 3.57. The van der Waals surface area contributed by atoms with E-state index in [4.69, 9.17) is 0 Å². The van der Waals surface area contributed by atoms with Gasteiger partial charge in [0, 0.05) is 0 Å². The topological polar surface area (TPSA) is 17.1 Å². The summed E-state index contributed by atoms with van der Waals surface area (Å²) in [6.07, 6.45) is 13.7. The van der Waals surface area contributed by atoms with Crippen molar-refractivity contribution in [1.82, 2.24) is 0 Å². The van der Waals surface area contributed by atoms with Gasteiger partial charge in [0.25, 0.3) is 0 Å². The van der Waals surface area contributed by atoms with E-state index in [1.165, 1.54) is 44.6 Å². The van der Waals surface area contributed by atoms with Gasteiger partial charge in [-0.1, -0.05) is 51.7 Å². The first-order chi connectivity index (χ1) is 6.81. The van der Waals surface area contributed by atoms with Gasteiger partial charge in [0.1, 0.15) is 0 Å². The standard InChI is InChI=1S/C13H22O/c1-3-5-6-7-8-9-10-11-12-13(14)4-2/h4,11-12H,2-3,5-10H2,1H3. The molecule has 0 heterocycles.